The van der Waals surface area contributed by atoms with Gasteiger partial charge in [0.05, 0.1) is 18.7 Å². The number of aliphatic hydroxyl groups is 1. The second-order valence-electron chi connectivity index (χ2n) is 2.74. The molecule has 0 aromatic heterocycles. The van der Waals surface area contributed by atoms with Crippen LogP contribution in [0.5, 0.6) is 5.75 Å². The molecule has 0 bridgehead atoms. The van der Waals surface area contributed by atoms with Crippen molar-refractivity contribution in [1.82, 2.24) is 0 Å². The van der Waals surface area contributed by atoms with Crippen molar-refractivity contribution < 1.29 is 9.84 Å². The van der Waals surface area contributed by atoms with Crippen LogP contribution in [0, 0.1) is 6.92 Å². The number of methoxy groups -OCH3 is 1. The molecule has 1 unspecified atom stereocenters. The lowest BCUT2D eigenvalue weighted by Gasteiger charge is -2.13. The van der Waals surface area contributed by atoms with Crippen molar-refractivity contribution >= 4 is 11.6 Å². The highest BCUT2D eigenvalue weighted by atomic mass is 35.5. The Bertz CT molecular complexity index is 286. The summed E-state index contributed by atoms with van der Waals surface area (Å²) in [4.78, 5) is 0. The summed E-state index contributed by atoms with van der Waals surface area (Å²) in [5, 5.41) is 9.48. The maximum Gasteiger partial charge on any atom is 0.141 e. The van der Waals surface area contributed by atoms with E-state index in [1.54, 1.807) is 13.2 Å². The molecule has 0 aliphatic heterocycles. The molecule has 1 N–H and O–H groups in total. The second-order valence-corrected chi connectivity index (χ2v) is 3.15. The summed E-state index contributed by atoms with van der Waals surface area (Å²) < 4.78 is 5.12. The molecule has 1 atom stereocenters. The van der Waals surface area contributed by atoms with Gasteiger partial charge in [0.25, 0.3) is 0 Å². The quantitative estimate of drug-likeness (QED) is 0.809. The minimum absolute atomic E-state index is 0.0172. The van der Waals surface area contributed by atoms with Gasteiger partial charge >= 0.3 is 0 Å². The van der Waals surface area contributed by atoms with E-state index in [0.717, 1.165) is 5.56 Å². The number of benzene rings is 1. The third kappa shape index (κ3) is 2.14. The van der Waals surface area contributed by atoms with Gasteiger partial charge in [0, 0.05) is 11.5 Å². The van der Waals surface area contributed by atoms with E-state index in [1.165, 1.54) is 0 Å². The predicted molar refractivity (Wildman–Crippen MR) is 53.2 cm³/mol. The molecule has 0 heterocycles. The van der Waals surface area contributed by atoms with Crippen molar-refractivity contribution in [3.8, 4) is 5.75 Å². The first-order chi connectivity index (χ1) is 6.20. The predicted octanol–water partition coefficient (Wildman–Crippen LogP) is 2.26. The van der Waals surface area contributed by atoms with E-state index in [0.29, 0.717) is 10.8 Å². The molecule has 3 heteroatoms. The molecule has 13 heavy (non-hydrogen) atoms. The summed E-state index contributed by atoms with van der Waals surface area (Å²) in [6, 6.07) is 5.40. The number of hydrogen-bond donors (Lipinski definition) is 1. The molecular weight excluding hydrogens is 188 g/mol. The smallest absolute Gasteiger partial charge is 0.141 e. The normalized spacial score (nSPS) is 12.6. The Kier molecular flexibility index (Phi) is 3.58. The largest absolute Gasteiger partial charge is 0.495 e. The van der Waals surface area contributed by atoms with Crippen molar-refractivity contribution in [3.05, 3.63) is 35.7 Å². The van der Waals surface area contributed by atoms with E-state index >= 15 is 0 Å². The van der Waals surface area contributed by atoms with E-state index in [1.807, 2.05) is 12.1 Å². The molecule has 0 saturated heterocycles. The lowest BCUT2D eigenvalue weighted by atomic mass is 10.0. The summed E-state index contributed by atoms with van der Waals surface area (Å²) >= 11 is 5.90. The zero-order valence-electron chi connectivity index (χ0n) is 7.46. The average molecular weight is 200 g/mol. The van der Waals surface area contributed by atoms with Crippen LogP contribution in [0.4, 0.5) is 0 Å². The van der Waals surface area contributed by atoms with Gasteiger partial charge in [-0.05, 0) is 13.0 Å². The van der Waals surface area contributed by atoms with Crippen molar-refractivity contribution in [2.45, 2.75) is 5.92 Å². The van der Waals surface area contributed by atoms with Gasteiger partial charge < -0.3 is 9.84 Å². The molecule has 2 nitrogen and oxygen atoms in total. The van der Waals surface area contributed by atoms with Gasteiger partial charge in [0.15, 0.2) is 0 Å². The summed E-state index contributed by atoms with van der Waals surface area (Å²) in [7, 11) is 1.55. The van der Waals surface area contributed by atoms with Crippen LogP contribution in [0.2, 0.25) is 5.02 Å². The molecule has 1 radical (unpaired) electrons. The summed E-state index contributed by atoms with van der Waals surface area (Å²) in [6.07, 6.45) is 0. The minimum Gasteiger partial charge on any atom is -0.495 e. The Balaban J connectivity index is 3.12. The van der Waals surface area contributed by atoms with Crippen LogP contribution in [0.15, 0.2) is 18.2 Å². The zero-order chi connectivity index (χ0) is 9.84. The Morgan fingerprint density at radius 2 is 2.31 bits per heavy atom. The van der Waals surface area contributed by atoms with Crippen LogP contribution in [-0.4, -0.2) is 18.8 Å². The SMILES string of the molecule is [CH2]C(CO)c1cccc(Cl)c1OC. The van der Waals surface area contributed by atoms with Crippen molar-refractivity contribution in [2.24, 2.45) is 0 Å². The fourth-order valence-electron chi connectivity index (χ4n) is 1.16. The first-order valence-corrected chi connectivity index (χ1v) is 4.34. The molecule has 1 aromatic carbocycles. The van der Waals surface area contributed by atoms with Gasteiger partial charge in [-0.2, -0.15) is 0 Å². The Labute approximate surface area is 83.1 Å². The number of ether oxygens (including phenoxy) is 1. The molecule has 1 aromatic rings. The number of halogens is 1. The van der Waals surface area contributed by atoms with E-state index in [-0.39, 0.29) is 12.5 Å². The number of aliphatic hydroxyl groups excluding tert-OH is 1. The molecule has 0 aliphatic rings. The summed E-state index contributed by atoms with van der Waals surface area (Å²) in [5.74, 6) is 0.395. The number of rotatable bonds is 3. The van der Waals surface area contributed by atoms with Crippen LogP contribution in [0.1, 0.15) is 11.5 Å². The van der Waals surface area contributed by atoms with E-state index < -0.39 is 0 Å². The number of para-hydroxylation sites is 1. The van der Waals surface area contributed by atoms with Crippen molar-refractivity contribution in [2.75, 3.05) is 13.7 Å². The number of hydrogen-bond acceptors (Lipinski definition) is 2. The molecule has 0 amide bonds. The first kappa shape index (κ1) is 10.4. The maximum atomic E-state index is 8.94. The molecule has 1 rings (SSSR count). The first-order valence-electron chi connectivity index (χ1n) is 3.97. The molecule has 71 valence electrons. The fraction of sp³-hybridized carbons (Fsp3) is 0.300. The topological polar surface area (TPSA) is 29.5 Å². The lowest BCUT2D eigenvalue weighted by Crippen LogP contribution is -2.02. The fourth-order valence-corrected chi connectivity index (χ4v) is 1.42. The highest BCUT2D eigenvalue weighted by Crippen LogP contribution is 2.32. The van der Waals surface area contributed by atoms with Gasteiger partial charge in [-0.15, -0.1) is 0 Å². The highest BCUT2D eigenvalue weighted by molar-refractivity contribution is 6.32. The van der Waals surface area contributed by atoms with Gasteiger partial charge in [0.1, 0.15) is 5.75 Å². The van der Waals surface area contributed by atoms with Crippen LogP contribution in [-0.2, 0) is 0 Å². The van der Waals surface area contributed by atoms with E-state index in [2.05, 4.69) is 6.92 Å². The van der Waals surface area contributed by atoms with Gasteiger partial charge in [-0.25, -0.2) is 0 Å². The summed E-state index contributed by atoms with van der Waals surface area (Å²) in [6.45, 7) is 3.77. The van der Waals surface area contributed by atoms with E-state index in [4.69, 9.17) is 21.4 Å². The monoisotopic (exact) mass is 199 g/mol. The Morgan fingerprint density at radius 3 is 2.85 bits per heavy atom. The van der Waals surface area contributed by atoms with Gasteiger partial charge in [-0.1, -0.05) is 23.7 Å². The molecule has 0 aliphatic carbocycles. The Morgan fingerprint density at radius 1 is 1.62 bits per heavy atom. The van der Waals surface area contributed by atoms with E-state index in [9.17, 15) is 0 Å². The van der Waals surface area contributed by atoms with Crippen molar-refractivity contribution in [1.29, 1.82) is 0 Å². The third-order valence-corrected chi connectivity index (χ3v) is 2.16. The highest BCUT2D eigenvalue weighted by Gasteiger charge is 2.12. The van der Waals surface area contributed by atoms with Crippen LogP contribution in [0.3, 0.4) is 0 Å². The second kappa shape index (κ2) is 4.49. The van der Waals surface area contributed by atoms with Crippen LogP contribution >= 0.6 is 11.6 Å². The van der Waals surface area contributed by atoms with Gasteiger partial charge in [-0.3, -0.25) is 0 Å². The maximum absolute atomic E-state index is 8.94. The average Bonchev–Trinajstić information content (AvgIpc) is 2.16. The molecular formula is C10H12ClO2. The third-order valence-electron chi connectivity index (χ3n) is 1.86. The molecule has 0 saturated carbocycles. The summed E-state index contributed by atoms with van der Waals surface area (Å²) in [5.41, 5.74) is 0.831. The molecule has 0 fully saturated rings. The van der Waals surface area contributed by atoms with Crippen LogP contribution in [0.25, 0.3) is 0 Å². The van der Waals surface area contributed by atoms with Crippen LogP contribution < -0.4 is 4.74 Å². The standard InChI is InChI=1S/C10H12ClO2/c1-7(6-12)8-4-3-5-9(11)10(8)13-2/h3-5,7,12H,1,6H2,2H3. The minimum atomic E-state index is -0.200. The molecule has 0 spiro atoms. The Hall–Kier alpha value is -0.730. The lowest BCUT2D eigenvalue weighted by molar-refractivity contribution is 0.279. The zero-order valence-corrected chi connectivity index (χ0v) is 8.21. The van der Waals surface area contributed by atoms with Crippen molar-refractivity contribution in [3.63, 3.8) is 0 Å². The van der Waals surface area contributed by atoms with Gasteiger partial charge in [0.2, 0.25) is 0 Å².